The van der Waals surface area contributed by atoms with E-state index in [1.165, 1.54) is 5.56 Å². The van der Waals surface area contributed by atoms with Gasteiger partial charge in [-0.3, -0.25) is 4.79 Å². The SMILES string of the molecule is Cc1ccc(-c2nc(C)c(C(C)NC(=O)[C@@H]3CC[C@H](CN)O3)s2)cc1. The molecule has 2 aromatic rings. The molecule has 0 aliphatic carbocycles. The molecule has 1 fully saturated rings. The Bertz CT molecular complexity index is 742. The van der Waals surface area contributed by atoms with Gasteiger partial charge >= 0.3 is 0 Å². The third-order valence-corrected chi connectivity index (χ3v) is 5.94. The number of nitrogens with two attached hydrogens (primary N) is 1. The summed E-state index contributed by atoms with van der Waals surface area (Å²) < 4.78 is 5.68. The summed E-state index contributed by atoms with van der Waals surface area (Å²) >= 11 is 1.63. The molecule has 1 aromatic heterocycles. The maximum absolute atomic E-state index is 12.4. The van der Waals surface area contributed by atoms with Crippen molar-refractivity contribution < 1.29 is 9.53 Å². The van der Waals surface area contributed by atoms with Gasteiger partial charge in [-0.05, 0) is 33.6 Å². The van der Waals surface area contributed by atoms with Crippen molar-refractivity contribution in [3.8, 4) is 10.6 Å². The van der Waals surface area contributed by atoms with Crippen molar-refractivity contribution in [3.05, 3.63) is 40.4 Å². The number of nitrogens with one attached hydrogen (secondary N) is 1. The molecule has 1 saturated heterocycles. The number of nitrogens with zero attached hydrogens (tertiary/aromatic N) is 1. The quantitative estimate of drug-likeness (QED) is 0.860. The second kappa shape index (κ2) is 7.64. The maximum atomic E-state index is 12.4. The summed E-state index contributed by atoms with van der Waals surface area (Å²) in [7, 11) is 0. The summed E-state index contributed by atoms with van der Waals surface area (Å²) in [6.07, 6.45) is 1.20. The normalized spacial score (nSPS) is 21.3. The number of carbonyl (C=O) groups excluding carboxylic acids is 1. The second-order valence-electron chi connectivity index (χ2n) is 6.62. The minimum atomic E-state index is -0.388. The van der Waals surface area contributed by atoms with Crippen LogP contribution in [0.5, 0.6) is 0 Å². The highest BCUT2D eigenvalue weighted by Gasteiger charge is 2.31. The highest BCUT2D eigenvalue weighted by atomic mass is 32.1. The molecule has 3 N–H and O–H groups in total. The van der Waals surface area contributed by atoms with Crippen LogP contribution in [0.1, 0.15) is 41.9 Å². The van der Waals surface area contributed by atoms with Crippen LogP contribution in [0.3, 0.4) is 0 Å². The monoisotopic (exact) mass is 359 g/mol. The van der Waals surface area contributed by atoms with E-state index in [-0.39, 0.29) is 24.2 Å². The van der Waals surface area contributed by atoms with Crippen LogP contribution in [0.25, 0.3) is 10.6 Å². The molecule has 1 aromatic carbocycles. The van der Waals surface area contributed by atoms with Gasteiger partial charge in [-0.1, -0.05) is 29.8 Å². The lowest BCUT2D eigenvalue weighted by atomic mass is 10.1. The molecular weight excluding hydrogens is 334 g/mol. The Hall–Kier alpha value is -1.76. The maximum Gasteiger partial charge on any atom is 0.249 e. The molecule has 25 heavy (non-hydrogen) atoms. The summed E-state index contributed by atoms with van der Waals surface area (Å²) in [6.45, 7) is 6.52. The molecule has 3 rings (SSSR count). The van der Waals surface area contributed by atoms with E-state index in [0.717, 1.165) is 34.0 Å². The van der Waals surface area contributed by atoms with Crippen LogP contribution in [-0.4, -0.2) is 29.6 Å². The Morgan fingerprint density at radius 1 is 1.36 bits per heavy atom. The van der Waals surface area contributed by atoms with Crippen molar-refractivity contribution in [2.45, 2.75) is 51.9 Å². The molecule has 5 nitrogen and oxygen atoms in total. The lowest BCUT2D eigenvalue weighted by Crippen LogP contribution is -2.36. The zero-order valence-corrected chi connectivity index (χ0v) is 15.7. The highest BCUT2D eigenvalue weighted by Crippen LogP contribution is 2.32. The topological polar surface area (TPSA) is 77.2 Å². The van der Waals surface area contributed by atoms with Gasteiger partial charge in [-0.2, -0.15) is 0 Å². The molecule has 134 valence electrons. The number of amides is 1. The first-order chi connectivity index (χ1) is 12.0. The summed E-state index contributed by atoms with van der Waals surface area (Å²) in [4.78, 5) is 18.2. The fraction of sp³-hybridized carbons (Fsp3) is 0.474. The number of rotatable bonds is 5. The standard InChI is InChI=1S/C19H25N3O2S/c1-11-4-6-14(7-5-11)19-22-13(3)17(25-19)12(2)21-18(23)16-9-8-15(10-20)24-16/h4-7,12,15-16H,8-10,20H2,1-3H3,(H,21,23)/t12?,15-,16+/m1/s1. The number of hydrogen-bond acceptors (Lipinski definition) is 5. The van der Waals surface area contributed by atoms with E-state index < -0.39 is 0 Å². The summed E-state index contributed by atoms with van der Waals surface area (Å²) in [5, 5.41) is 4.04. The minimum absolute atomic E-state index is 0.00402. The Morgan fingerprint density at radius 2 is 2.08 bits per heavy atom. The first kappa shape index (κ1) is 18.0. The number of aryl methyl sites for hydroxylation is 2. The van der Waals surface area contributed by atoms with E-state index >= 15 is 0 Å². The second-order valence-corrected chi connectivity index (χ2v) is 7.66. The van der Waals surface area contributed by atoms with E-state index in [9.17, 15) is 4.79 Å². The molecule has 2 heterocycles. The van der Waals surface area contributed by atoms with E-state index in [4.69, 9.17) is 10.5 Å². The van der Waals surface area contributed by atoms with E-state index in [1.54, 1.807) is 11.3 Å². The lowest BCUT2D eigenvalue weighted by molar-refractivity contribution is -0.132. The van der Waals surface area contributed by atoms with Crippen molar-refractivity contribution in [3.63, 3.8) is 0 Å². The van der Waals surface area contributed by atoms with Crippen molar-refractivity contribution in [2.75, 3.05) is 6.54 Å². The predicted octanol–water partition coefficient (Wildman–Crippen LogP) is 3.11. The van der Waals surface area contributed by atoms with Crippen molar-refractivity contribution in [1.29, 1.82) is 0 Å². The van der Waals surface area contributed by atoms with Gasteiger partial charge in [0, 0.05) is 12.1 Å². The van der Waals surface area contributed by atoms with Crippen LogP contribution in [0, 0.1) is 13.8 Å². The number of carbonyl (C=O) groups is 1. The smallest absolute Gasteiger partial charge is 0.249 e. The van der Waals surface area contributed by atoms with Crippen LogP contribution in [0.2, 0.25) is 0 Å². The Balaban J connectivity index is 1.69. The molecule has 1 aliphatic rings. The van der Waals surface area contributed by atoms with Gasteiger partial charge < -0.3 is 15.8 Å². The van der Waals surface area contributed by atoms with Crippen LogP contribution in [-0.2, 0) is 9.53 Å². The van der Waals surface area contributed by atoms with E-state index in [1.807, 2.05) is 13.8 Å². The number of hydrogen-bond donors (Lipinski definition) is 2. The Morgan fingerprint density at radius 3 is 2.72 bits per heavy atom. The van der Waals surface area contributed by atoms with Gasteiger partial charge in [-0.15, -0.1) is 11.3 Å². The van der Waals surface area contributed by atoms with Crippen molar-refractivity contribution >= 4 is 17.2 Å². The zero-order valence-electron chi connectivity index (χ0n) is 14.9. The largest absolute Gasteiger partial charge is 0.364 e. The average Bonchev–Trinajstić information content (AvgIpc) is 3.22. The van der Waals surface area contributed by atoms with E-state index in [2.05, 4.69) is 41.5 Å². The molecule has 1 unspecified atom stereocenters. The number of thiazole rings is 1. The lowest BCUT2D eigenvalue weighted by Gasteiger charge is -2.17. The average molecular weight is 359 g/mol. The van der Waals surface area contributed by atoms with Crippen LogP contribution < -0.4 is 11.1 Å². The fourth-order valence-electron chi connectivity index (χ4n) is 3.07. The molecule has 1 aliphatic heterocycles. The summed E-state index contributed by atoms with van der Waals surface area (Å²) in [6, 6.07) is 8.24. The summed E-state index contributed by atoms with van der Waals surface area (Å²) in [5.41, 5.74) is 8.90. The minimum Gasteiger partial charge on any atom is -0.364 e. The first-order valence-electron chi connectivity index (χ1n) is 8.68. The third kappa shape index (κ3) is 4.08. The molecule has 6 heteroatoms. The van der Waals surface area contributed by atoms with Gasteiger partial charge in [-0.25, -0.2) is 4.98 Å². The van der Waals surface area contributed by atoms with Gasteiger partial charge in [0.05, 0.1) is 22.7 Å². The van der Waals surface area contributed by atoms with Crippen molar-refractivity contribution in [2.24, 2.45) is 5.73 Å². The van der Waals surface area contributed by atoms with Gasteiger partial charge in [0.2, 0.25) is 5.91 Å². The molecule has 0 saturated carbocycles. The van der Waals surface area contributed by atoms with Crippen LogP contribution in [0.15, 0.2) is 24.3 Å². The van der Waals surface area contributed by atoms with Crippen LogP contribution >= 0.6 is 11.3 Å². The first-order valence-corrected chi connectivity index (χ1v) is 9.50. The molecular formula is C19H25N3O2S. The molecule has 1 amide bonds. The van der Waals surface area contributed by atoms with Crippen LogP contribution in [0.4, 0.5) is 0 Å². The third-order valence-electron chi connectivity index (χ3n) is 4.55. The zero-order chi connectivity index (χ0) is 18.0. The van der Waals surface area contributed by atoms with Gasteiger partial charge in [0.25, 0.3) is 0 Å². The highest BCUT2D eigenvalue weighted by molar-refractivity contribution is 7.15. The number of ether oxygens (including phenoxy) is 1. The fourth-order valence-corrected chi connectivity index (χ4v) is 4.15. The number of aromatic nitrogens is 1. The molecule has 0 bridgehead atoms. The summed E-state index contributed by atoms with van der Waals surface area (Å²) in [5.74, 6) is -0.0619. The van der Waals surface area contributed by atoms with E-state index in [0.29, 0.717) is 6.54 Å². The Kier molecular flexibility index (Phi) is 5.51. The predicted molar refractivity (Wildman–Crippen MR) is 101 cm³/mol. The molecule has 0 radical (unpaired) electrons. The molecule has 0 spiro atoms. The Labute approximate surface area is 152 Å². The molecule has 3 atom stereocenters. The van der Waals surface area contributed by atoms with Crippen molar-refractivity contribution in [1.82, 2.24) is 10.3 Å². The van der Waals surface area contributed by atoms with Gasteiger partial charge in [0.15, 0.2) is 0 Å². The number of benzene rings is 1. The van der Waals surface area contributed by atoms with Gasteiger partial charge in [0.1, 0.15) is 11.1 Å².